The van der Waals surface area contributed by atoms with Gasteiger partial charge in [-0.15, -0.1) is 0 Å². The lowest BCUT2D eigenvalue weighted by molar-refractivity contribution is -0.171. The number of rotatable bonds is 6. The van der Waals surface area contributed by atoms with Crippen molar-refractivity contribution in [1.82, 2.24) is 4.90 Å². The van der Waals surface area contributed by atoms with Crippen molar-refractivity contribution in [3.8, 4) is 0 Å². The van der Waals surface area contributed by atoms with Gasteiger partial charge < -0.3 is 9.84 Å². The molecule has 4 nitrogen and oxygen atoms in total. The molecule has 20 heavy (non-hydrogen) atoms. The molecule has 0 spiro atoms. The molecule has 0 bridgehead atoms. The van der Waals surface area contributed by atoms with Gasteiger partial charge in [-0.05, 0) is 38.0 Å². The average molecular weight is 283 g/mol. The van der Waals surface area contributed by atoms with Crippen LogP contribution < -0.4 is 0 Å². The van der Waals surface area contributed by atoms with Crippen LogP contribution in [0, 0.1) is 11.8 Å². The van der Waals surface area contributed by atoms with Crippen molar-refractivity contribution in [2.45, 2.75) is 64.5 Å². The molecule has 2 atom stereocenters. The first-order valence-corrected chi connectivity index (χ1v) is 7.98. The fourth-order valence-electron chi connectivity index (χ4n) is 3.87. The van der Waals surface area contributed by atoms with Crippen LogP contribution in [0.25, 0.3) is 0 Å². The fourth-order valence-corrected chi connectivity index (χ4v) is 3.87. The Morgan fingerprint density at radius 1 is 1.40 bits per heavy atom. The van der Waals surface area contributed by atoms with Crippen molar-refractivity contribution >= 4 is 5.97 Å². The predicted molar refractivity (Wildman–Crippen MR) is 78.8 cm³/mol. The number of carbonyl (C=O) groups is 1. The average Bonchev–Trinajstić information content (AvgIpc) is 2.32. The first-order chi connectivity index (χ1) is 9.38. The standard InChI is InChI=1S/C16H29NO3/c1-12(2)7-13-5-4-6-14(8-13)17-10-16(3,11-17)20-9-15(18)19/h12-14H,4-11H2,1-3H3,(H,18,19). The molecule has 1 saturated carbocycles. The van der Waals surface area contributed by atoms with E-state index in [-0.39, 0.29) is 12.2 Å². The van der Waals surface area contributed by atoms with Crippen LogP contribution >= 0.6 is 0 Å². The summed E-state index contributed by atoms with van der Waals surface area (Å²) in [7, 11) is 0. The van der Waals surface area contributed by atoms with Crippen molar-refractivity contribution in [3.05, 3.63) is 0 Å². The molecule has 0 radical (unpaired) electrons. The molecule has 1 aliphatic heterocycles. The van der Waals surface area contributed by atoms with Crippen LogP contribution in [0.1, 0.15) is 52.9 Å². The van der Waals surface area contributed by atoms with E-state index in [1.54, 1.807) is 0 Å². The summed E-state index contributed by atoms with van der Waals surface area (Å²) in [5, 5.41) is 8.69. The molecule has 1 aliphatic carbocycles. The molecule has 0 aromatic carbocycles. The van der Waals surface area contributed by atoms with Crippen LogP contribution in [0.2, 0.25) is 0 Å². The number of nitrogens with zero attached hydrogens (tertiary/aromatic N) is 1. The number of likely N-dealkylation sites (tertiary alicyclic amines) is 1. The largest absolute Gasteiger partial charge is 0.480 e. The number of aliphatic carboxylic acids is 1. The molecule has 2 rings (SSSR count). The first-order valence-electron chi connectivity index (χ1n) is 7.98. The van der Waals surface area contributed by atoms with Gasteiger partial charge in [0.25, 0.3) is 0 Å². The summed E-state index contributed by atoms with van der Waals surface area (Å²) in [6, 6.07) is 0.689. The second kappa shape index (κ2) is 6.44. The number of carboxylic acid groups (broad SMARTS) is 1. The summed E-state index contributed by atoms with van der Waals surface area (Å²) in [4.78, 5) is 13.1. The summed E-state index contributed by atoms with van der Waals surface area (Å²) < 4.78 is 5.50. The van der Waals surface area contributed by atoms with Crippen molar-refractivity contribution < 1.29 is 14.6 Å². The van der Waals surface area contributed by atoms with Crippen molar-refractivity contribution in [1.29, 1.82) is 0 Å². The smallest absolute Gasteiger partial charge is 0.329 e. The maximum absolute atomic E-state index is 10.6. The van der Waals surface area contributed by atoms with Gasteiger partial charge in [0.2, 0.25) is 0 Å². The van der Waals surface area contributed by atoms with Gasteiger partial charge in [0.05, 0.1) is 5.60 Å². The van der Waals surface area contributed by atoms with Crippen LogP contribution in [0.15, 0.2) is 0 Å². The molecular formula is C16H29NO3. The Bertz CT molecular complexity index is 337. The monoisotopic (exact) mass is 283 g/mol. The van der Waals surface area contributed by atoms with Gasteiger partial charge in [0, 0.05) is 19.1 Å². The Morgan fingerprint density at radius 2 is 2.10 bits per heavy atom. The second-order valence-corrected chi connectivity index (χ2v) is 7.35. The highest BCUT2D eigenvalue weighted by atomic mass is 16.5. The van der Waals surface area contributed by atoms with E-state index >= 15 is 0 Å². The van der Waals surface area contributed by atoms with Crippen molar-refractivity contribution in [3.63, 3.8) is 0 Å². The second-order valence-electron chi connectivity index (χ2n) is 7.35. The maximum atomic E-state index is 10.6. The molecular weight excluding hydrogens is 254 g/mol. The minimum atomic E-state index is -0.876. The third kappa shape index (κ3) is 4.19. The van der Waals surface area contributed by atoms with Crippen LogP contribution in [0.5, 0.6) is 0 Å². The topological polar surface area (TPSA) is 49.8 Å². The summed E-state index contributed by atoms with van der Waals surface area (Å²) >= 11 is 0. The Kier molecular flexibility index (Phi) is 5.08. The lowest BCUT2D eigenvalue weighted by Gasteiger charge is -2.52. The minimum Gasteiger partial charge on any atom is -0.480 e. The van der Waals surface area contributed by atoms with E-state index in [4.69, 9.17) is 9.84 Å². The zero-order chi connectivity index (χ0) is 14.8. The lowest BCUT2D eigenvalue weighted by atomic mass is 9.78. The Balaban J connectivity index is 1.75. The fraction of sp³-hybridized carbons (Fsp3) is 0.938. The Labute approximate surface area is 122 Å². The molecule has 116 valence electrons. The van der Waals surface area contributed by atoms with Crippen LogP contribution in [0.4, 0.5) is 0 Å². The molecule has 1 N–H and O–H groups in total. The van der Waals surface area contributed by atoms with E-state index in [0.717, 1.165) is 24.9 Å². The highest BCUT2D eigenvalue weighted by Crippen LogP contribution is 2.36. The van der Waals surface area contributed by atoms with E-state index < -0.39 is 5.97 Å². The summed E-state index contributed by atoms with van der Waals surface area (Å²) in [6.07, 6.45) is 6.68. The molecule has 4 heteroatoms. The van der Waals surface area contributed by atoms with E-state index in [2.05, 4.69) is 18.7 Å². The van der Waals surface area contributed by atoms with E-state index in [1.165, 1.54) is 32.1 Å². The van der Waals surface area contributed by atoms with Gasteiger partial charge in [0.1, 0.15) is 6.61 Å². The van der Waals surface area contributed by atoms with E-state index in [0.29, 0.717) is 6.04 Å². The summed E-state index contributed by atoms with van der Waals surface area (Å²) in [5.41, 5.74) is -0.247. The summed E-state index contributed by atoms with van der Waals surface area (Å²) in [6.45, 7) is 8.25. The van der Waals surface area contributed by atoms with Gasteiger partial charge in [-0.3, -0.25) is 4.90 Å². The third-order valence-electron chi connectivity index (χ3n) is 4.70. The Hall–Kier alpha value is -0.610. The number of hydrogen-bond acceptors (Lipinski definition) is 3. The third-order valence-corrected chi connectivity index (χ3v) is 4.70. The van der Waals surface area contributed by atoms with Gasteiger partial charge >= 0.3 is 5.97 Å². The van der Waals surface area contributed by atoms with E-state index in [9.17, 15) is 4.79 Å². The van der Waals surface area contributed by atoms with Crippen molar-refractivity contribution in [2.75, 3.05) is 19.7 Å². The highest BCUT2D eigenvalue weighted by Gasteiger charge is 2.44. The molecule has 1 saturated heterocycles. The van der Waals surface area contributed by atoms with Crippen LogP contribution in [0.3, 0.4) is 0 Å². The SMILES string of the molecule is CC(C)CC1CCCC(N2CC(C)(OCC(=O)O)C2)C1. The zero-order valence-electron chi connectivity index (χ0n) is 13.1. The van der Waals surface area contributed by atoms with E-state index in [1.807, 2.05) is 6.92 Å². The normalized spacial score (nSPS) is 30.2. The Morgan fingerprint density at radius 3 is 2.70 bits per heavy atom. The number of hydrogen-bond donors (Lipinski definition) is 1. The van der Waals surface area contributed by atoms with Gasteiger partial charge in [-0.25, -0.2) is 4.79 Å². The highest BCUT2D eigenvalue weighted by molar-refractivity contribution is 5.68. The summed E-state index contributed by atoms with van der Waals surface area (Å²) in [5.74, 6) is 0.791. The maximum Gasteiger partial charge on any atom is 0.329 e. The molecule has 0 aromatic heterocycles. The molecule has 2 aliphatic rings. The lowest BCUT2D eigenvalue weighted by Crippen LogP contribution is -2.65. The minimum absolute atomic E-state index is 0.176. The number of ether oxygens (including phenoxy) is 1. The first kappa shape index (κ1) is 15.8. The molecule has 0 amide bonds. The molecule has 2 fully saturated rings. The van der Waals surface area contributed by atoms with Gasteiger partial charge in [-0.2, -0.15) is 0 Å². The molecule has 2 unspecified atom stereocenters. The van der Waals surface area contributed by atoms with Gasteiger partial charge in [0.15, 0.2) is 0 Å². The quantitative estimate of drug-likeness (QED) is 0.814. The zero-order valence-corrected chi connectivity index (χ0v) is 13.1. The predicted octanol–water partition coefficient (Wildman–Crippen LogP) is 2.77. The van der Waals surface area contributed by atoms with Crippen molar-refractivity contribution in [2.24, 2.45) is 11.8 Å². The molecule has 1 heterocycles. The van der Waals surface area contributed by atoms with Crippen LogP contribution in [-0.4, -0.2) is 47.3 Å². The van der Waals surface area contributed by atoms with Crippen LogP contribution in [-0.2, 0) is 9.53 Å². The number of carboxylic acids is 1. The molecule has 0 aromatic rings. The van der Waals surface area contributed by atoms with Gasteiger partial charge in [-0.1, -0.05) is 26.7 Å².